The summed E-state index contributed by atoms with van der Waals surface area (Å²) in [5.74, 6) is -3.88. The van der Waals surface area contributed by atoms with E-state index in [0.717, 1.165) is 46.0 Å². The van der Waals surface area contributed by atoms with Crippen LogP contribution in [0.4, 0.5) is 22.0 Å². The highest BCUT2D eigenvalue weighted by Crippen LogP contribution is 2.29. The van der Waals surface area contributed by atoms with Crippen LogP contribution in [0.2, 0.25) is 0 Å². The molecule has 0 aliphatic rings. The van der Waals surface area contributed by atoms with Gasteiger partial charge < -0.3 is 10.8 Å². The largest absolute Gasteiger partial charge is 0.481 e. The van der Waals surface area contributed by atoms with Crippen molar-refractivity contribution in [2.24, 2.45) is 5.73 Å². The van der Waals surface area contributed by atoms with E-state index in [1.165, 1.54) is 0 Å². The first-order valence-corrected chi connectivity index (χ1v) is 10.7. The average Bonchev–Trinajstić information content (AvgIpc) is 2.82. The third-order valence-electron chi connectivity index (χ3n) is 5.31. The van der Waals surface area contributed by atoms with Crippen LogP contribution in [0.5, 0.6) is 0 Å². The molecule has 0 radical (unpaired) electrons. The van der Waals surface area contributed by atoms with Crippen molar-refractivity contribution >= 4 is 22.6 Å². The molecule has 6 nitrogen and oxygen atoms in total. The van der Waals surface area contributed by atoms with Gasteiger partial charge >= 0.3 is 12.1 Å². The number of aliphatic carboxylic acids is 1. The molecule has 0 saturated heterocycles. The Hall–Kier alpha value is -4.54. The molecule has 0 atom stereocenters. The maximum absolute atomic E-state index is 12.8. The second kappa shape index (κ2) is 11.0. The number of carboxylic acids is 1. The summed E-state index contributed by atoms with van der Waals surface area (Å²) < 4.78 is 64.6. The van der Waals surface area contributed by atoms with E-state index in [4.69, 9.17) is 10.8 Å². The molecule has 1 heterocycles. The number of carbonyl (C=O) groups is 2. The minimum Gasteiger partial charge on any atom is -0.481 e. The highest BCUT2D eigenvalue weighted by Gasteiger charge is 2.31. The van der Waals surface area contributed by atoms with Crippen LogP contribution in [0.15, 0.2) is 77.7 Å². The van der Waals surface area contributed by atoms with E-state index in [-0.39, 0.29) is 6.42 Å². The maximum Gasteiger partial charge on any atom is 0.416 e. The topological polar surface area (TPSA) is 102 Å². The monoisotopic (exact) mass is 518 g/mol. The minimum absolute atomic E-state index is 0.0381. The molecule has 0 bridgehead atoms. The highest BCUT2D eigenvalue weighted by atomic mass is 19.4. The number of nitrogens with zero attached hydrogens (tertiary/aromatic N) is 1. The molecule has 1 amide bonds. The first kappa shape index (κ1) is 27.1. The lowest BCUT2D eigenvalue weighted by molar-refractivity contribution is -0.138. The smallest absolute Gasteiger partial charge is 0.416 e. The summed E-state index contributed by atoms with van der Waals surface area (Å²) in [5, 5.41) is 10.3. The summed E-state index contributed by atoms with van der Waals surface area (Å²) >= 11 is 0. The summed E-state index contributed by atoms with van der Waals surface area (Å²) in [5.41, 5.74) is 3.46. The zero-order valence-corrected chi connectivity index (χ0v) is 18.9. The van der Waals surface area contributed by atoms with Crippen molar-refractivity contribution in [1.29, 1.82) is 0 Å². The number of carbonyl (C=O) groups excluding carboxylic acids is 1. The number of hydrogen-bond donors (Lipinski definition) is 2. The normalized spacial score (nSPS) is 11.1. The van der Waals surface area contributed by atoms with Crippen LogP contribution in [-0.4, -0.2) is 21.6 Å². The lowest BCUT2D eigenvalue weighted by atomic mass is 9.99. The van der Waals surface area contributed by atoms with Crippen LogP contribution in [0.1, 0.15) is 27.9 Å². The highest BCUT2D eigenvalue weighted by molar-refractivity contribution is 5.93. The van der Waals surface area contributed by atoms with Crippen molar-refractivity contribution in [3.8, 4) is 5.69 Å². The number of amides is 1. The Balaban J connectivity index is 0.000000289. The van der Waals surface area contributed by atoms with Gasteiger partial charge in [0.25, 0.3) is 11.5 Å². The van der Waals surface area contributed by atoms with Gasteiger partial charge in [-0.05, 0) is 41.6 Å². The third kappa shape index (κ3) is 6.37. The maximum atomic E-state index is 12.8. The van der Waals surface area contributed by atoms with Crippen LogP contribution >= 0.6 is 0 Å². The van der Waals surface area contributed by atoms with E-state index in [0.29, 0.717) is 23.6 Å². The van der Waals surface area contributed by atoms with Crippen molar-refractivity contribution in [2.75, 3.05) is 0 Å². The van der Waals surface area contributed by atoms with E-state index in [1.807, 2.05) is 0 Å². The molecule has 0 aliphatic carbocycles. The van der Waals surface area contributed by atoms with Gasteiger partial charge in [-0.25, -0.2) is 8.78 Å². The molecule has 4 aromatic rings. The molecule has 37 heavy (non-hydrogen) atoms. The second-order valence-electron chi connectivity index (χ2n) is 7.77. The lowest BCUT2D eigenvalue weighted by Crippen LogP contribution is -2.20. The Kier molecular flexibility index (Phi) is 8.06. The van der Waals surface area contributed by atoms with Gasteiger partial charge in [0.05, 0.1) is 11.3 Å². The van der Waals surface area contributed by atoms with Gasteiger partial charge in [0.2, 0.25) is 0 Å². The van der Waals surface area contributed by atoms with Crippen LogP contribution in [0.3, 0.4) is 0 Å². The van der Waals surface area contributed by atoms with Gasteiger partial charge in [0, 0.05) is 24.1 Å². The van der Waals surface area contributed by atoms with Gasteiger partial charge in [-0.15, -0.1) is 0 Å². The number of alkyl halides is 3. The van der Waals surface area contributed by atoms with Crippen LogP contribution in [0.25, 0.3) is 16.5 Å². The fourth-order valence-corrected chi connectivity index (χ4v) is 3.62. The molecule has 0 unspecified atom stereocenters. The van der Waals surface area contributed by atoms with Gasteiger partial charge in [0.1, 0.15) is 17.2 Å². The molecule has 1 aromatic heterocycles. The van der Waals surface area contributed by atoms with Crippen molar-refractivity contribution in [1.82, 2.24) is 4.57 Å². The molecule has 0 spiro atoms. The van der Waals surface area contributed by atoms with Crippen LogP contribution < -0.4 is 11.3 Å². The second-order valence-corrected chi connectivity index (χ2v) is 7.77. The predicted molar refractivity (Wildman–Crippen MR) is 125 cm³/mol. The number of nitrogens with two attached hydrogens (primary N) is 1. The summed E-state index contributed by atoms with van der Waals surface area (Å²) in [6.45, 7) is 0. The molecule has 11 heteroatoms. The summed E-state index contributed by atoms with van der Waals surface area (Å²) in [7, 11) is 0. The van der Waals surface area contributed by atoms with Crippen molar-refractivity contribution < 1.29 is 36.6 Å². The zero-order valence-electron chi connectivity index (χ0n) is 18.9. The molecule has 4 rings (SSSR count). The molecule has 0 fully saturated rings. The molecule has 3 N–H and O–H groups in total. The predicted octanol–water partition coefficient (Wildman–Crippen LogP) is 5.09. The number of primary amides is 1. The third-order valence-corrected chi connectivity index (χ3v) is 5.31. The SMILES string of the molecule is NC(=O)c1c(F)cccc1F.O=C(O)CCc1cccc2c(-n3ccc(C(F)(F)F)cc3=O)cccc12. The van der Waals surface area contributed by atoms with E-state index in [2.05, 4.69) is 0 Å². The fraction of sp³-hybridized carbons (Fsp3) is 0.115. The Morgan fingerprint density at radius 2 is 1.49 bits per heavy atom. The first-order valence-electron chi connectivity index (χ1n) is 10.7. The quantitative estimate of drug-likeness (QED) is 0.359. The zero-order chi connectivity index (χ0) is 27.3. The number of carboxylic acid groups (broad SMARTS) is 1. The van der Waals surface area contributed by atoms with Crippen LogP contribution in [0, 0.1) is 11.6 Å². The first-order chi connectivity index (χ1) is 17.4. The molecule has 3 aromatic carbocycles. The number of pyridine rings is 1. The Morgan fingerprint density at radius 3 is 2.03 bits per heavy atom. The van der Waals surface area contributed by atoms with Crippen molar-refractivity contribution in [3.63, 3.8) is 0 Å². The molecule has 192 valence electrons. The number of aromatic nitrogens is 1. The van der Waals surface area contributed by atoms with E-state index >= 15 is 0 Å². The Labute approximate surface area is 206 Å². The molecule has 0 aliphatic heterocycles. The summed E-state index contributed by atoms with van der Waals surface area (Å²) in [6.07, 6.45) is -3.20. The Bertz CT molecular complexity index is 1510. The van der Waals surface area contributed by atoms with E-state index in [9.17, 15) is 36.3 Å². The number of fused-ring (bicyclic) bond motifs is 1. The van der Waals surface area contributed by atoms with E-state index in [1.54, 1.807) is 36.4 Å². The van der Waals surface area contributed by atoms with Gasteiger partial charge in [-0.2, -0.15) is 13.2 Å². The van der Waals surface area contributed by atoms with Crippen molar-refractivity contribution in [3.05, 3.63) is 112 Å². The number of halogens is 5. The summed E-state index contributed by atoms with van der Waals surface area (Å²) in [6, 6.07) is 14.9. The van der Waals surface area contributed by atoms with Gasteiger partial charge in [-0.3, -0.25) is 19.0 Å². The number of rotatable bonds is 5. The molecular formula is C26H19F5N2O4. The fourth-order valence-electron chi connectivity index (χ4n) is 3.62. The minimum atomic E-state index is -4.58. The van der Waals surface area contributed by atoms with Gasteiger partial charge in [-0.1, -0.05) is 36.4 Å². The summed E-state index contributed by atoms with van der Waals surface area (Å²) in [4.78, 5) is 33.4. The number of hydrogen-bond acceptors (Lipinski definition) is 3. The number of benzene rings is 3. The molecular weight excluding hydrogens is 499 g/mol. The van der Waals surface area contributed by atoms with Crippen molar-refractivity contribution in [2.45, 2.75) is 19.0 Å². The number of aryl methyl sites for hydroxylation is 1. The van der Waals surface area contributed by atoms with E-state index < -0.39 is 46.4 Å². The Morgan fingerprint density at radius 1 is 0.892 bits per heavy atom. The standard InChI is InChI=1S/C19H14F3NO3.C7H5F2NO/c20-19(21,22)13-9-10-23(17(24)11-13)16-6-2-4-14-12(7-8-18(25)26)3-1-5-15(14)16;8-4-2-1-3-5(9)6(4)7(10)11/h1-6,9-11H,7-8H2,(H,25,26);1-3H,(H2,10,11). The molecule has 0 saturated carbocycles. The van der Waals surface area contributed by atoms with Gasteiger partial charge in [0.15, 0.2) is 0 Å². The average molecular weight is 518 g/mol. The lowest BCUT2D eigenvalue weighted by Gasteiger charge is -2.13. The van der Waals surface area contributed by atoms with Crippen LogP contribution in [-0.2, 0) is 17.4 Å².